The Kier molecular flexibility index (Phi) is 7.38. The maximum Gasteiger partial charge on any atom is 0.0546 e. The zero-order valence-electron chi connectivity index (χ0n) is 32.4. The van der Waals surface area contributed by atoms with Crippen LogP contribution in [0.2, 0.25) is 0 Å². The van der Waals surface area contributed by atoms with Crippen LogP contribution in [0, 0.1) is 24.7 Å². The average molecular weight is 712 g/mol. The SMILES string of the molecule is Cc1ccccc1-c1cc2ccccc2cc1N(c1ccc2c(c1)C(C)(C)c1cccc(-c3ccccc3)c1-2)c1ccccc1C12CC3CC(CC(C3)C1)C2. The van der Waals surface area contributed by atoms with Crippen molar-refractivity contribution in [3.8, 4) is 33.4 Å². The van der Waals surface area contributed by atoms with Gasteiger partial charge in [0.1, 0.15) is 0 Å². The molecule has 7 aromatic carbocycles. The standard InChI is InChI=1S/C54H49N/c1-35-14-7-10-19-43(35)46-29-40-17-8-9-18-41(40)30-51(46)55(50-23-12-11-21-47(50)54-32-36-26-37(33-54)28-38(27-36)34-54)42-24-25-45-49(31-42)53(2,3)48-22-13-20-44(52(45)48)39-15-5-4-6-16-39/h4-25,29-31,36-38H,26-28,32-34H2,1-3H3. The van der Waals surface area contributed by atoms with E-state index in [1.165, 1.54) is 116 Å². The second kappa shape index (κ2) is 12.3. The third kappa shape index (κ3) is 5.12. The highest BCUT2D eigenvalue weighted by Gasteiger charge is 2.52. The van der Waals surface area contributed by atoms with Gasteiger partial charge >= 0.3 is 0 Å². The van der Waals surface area contributed by atoms with Crippen LogP contribution in [0.15, 0.2) is 152 Å². The summed E-state index contributed by atoms with van der Waals surface area (Å²) in [5.41, 5.74) is 17.5. The highest BCUT2D eigenvalue weighted by molar-refractivity contribution is 6.00. The lowest BCUT2D eigenvalue weighted by molar-refractivity contribution is -0.00491. The average Bonchev–Trinajstić information content (AvgIpc) is 3.43. The van der Waals surface area contributed by atoms with Crippen LogP contribution in [-0.4, -0.2) is 0 Å². The molecular formula is C54H49N. The lowest BCUT2D eigenvalue weighted by Crippen LogP contribution is -2.48. The number of benzene rings is 7. The zero-order valence-corrected chi connectivity index (χ0v) is 32.4. The second-order valence-electron chi connectivity index (χ2n) is 18.0. The predicted molar refractivity (Wildman–Crippen MR) is 232 cm³/mol. The van der Waals surface area contributed by atoms with E-state index in [1.807, 2.05) is 0 Å². The molecule has 1 heteroatoms. The van der Waals surface area contributed by atoms with Crippen molar-refractivity contribution in [2.24, 2.45) is 17.8 Å². The molecule has 5 aliphatic carbocycles. The molecule has 4 bridgehead atoms. The molecule has 4 saturated carbocycles. The van der Waals surface area contributed by atoms with Crippen LogP contribution >= 0.6 is 0 Å². The number of nitrogens with zero attached hydrogens (tertiary/aromatic N) is 1. The van der Waals surface area contributed by atoms with Crippen LogP contribution in [0.4, 0.5) is 17.1 Å². The van der Waals surface area contributed by atoms with E-state index < -0.39 is 0 Å². The Morgan fingerprint density at radius 1 is 0.473 bits per heavy atom. The summed E-state index contributed by atoms with van der Waals surface area (Å²) >= 11 is 0. The fraction of sp³-hybridized carbons (Fsp3) is 0.259. The Morgan fingerprint density at radius 2 is 1.09 bits per heavy atom. The molecule has 270 valence electrons. The normalized spacial score (nSPS) is 22.8. The minimum Gasteiger partial charge on any atom is -0.310 e. The minimum absolute atomic E-state index is 0.154. The Hall–Kier alpha value is -5.40. The van der Waals surface area contributed by atoms with Gasteiger partial charge in [-0.3, -0.25) is 0 Å². The lowest BCUT2D eigenvalue weighted by Gasteiger charge is -2.57. The van der Waals surface area contributed by atoms with E-state index in [2.05, 4.69) is 177 Å². The van der Waals surface area contributed by atoms with Crippen LogP contribution < -0.4 is 4.90 Å². The van der Waals surface area contributed by atoms with E-state index >= 15 is 0 Å². The molecule has 7 aromatic rings. The van der Waals surface area contributed by atoms with Crippen LogP contribution in [0.5, 0.6) is 0 Å². The van der Waals surface area contributed by atoms with Gasteiger partial charge in [-0.2, -0.15) is 0 Å². The largest absolute Gasteiger partial charge is 0.310 e. The van der Waals surface area contributed by atoms with Crippen molar-refractivity contribution >= 4 is 27.8 Å². The molecule has 0 heterocycles. The number of aryl methyl sites for hydroxylation is 1. The smallest absolute Gasteiger partial charge is 0.0546 e. The number of para-hydroxylation sites is 1. The van der Waals surface area contributed by atoms with E-state index in [4.69, 9.17) is 0 Å². The highest BCUT2D eigenvalue weighted by Crippen LogP contribution is 2.63. The molecule has 0 aliphatic heterocycles. The molecule has 4 fully saturated rings. The molecular weight excluding hydrogens is 663 g/mol. The summed E-state index contributed by atoms with van der Waals surface area (Å²) in [6, 6.07) is 57.7. The molecule has 0 aromatic heterocycles. The first kappa shape index (κ1) is 33.0. The van der Waals surface area contributed by atoms with Crippen LogP contribution in [-0.2, 0) is 10.8 Å². The van der Waals surface area contributed by atoms with Gasteiger partial charge in [0, 0.05) is 22.4 Å². The van der Waals surface area contributed by atoms with Crippen molar-refractivity contribution < 1.29 is 0 Å². The Balaban J connectivity index is 1.18. The topological polar surface area (TPSA) is 3.24 Å². The Labute approximate surface area is 326 Å². The van der Waals surface area contributed by atoms with Crippen molar-refractivity contribution in [1.29, 1.82) is 0 Å². The van der Waals surface area contributed by atoms with Crippen molar-refractivity contribution in [3.63, 3.8) is 0 Å². The molecule has 0 unspecified atom stereocenters. The van der Waals surface area contributed by atoms with Gasteiger partial charge in [0.25, 0.3) is 0 Å². The monoisotopic (exact) mass is 711 g/mol. The molecule has 0 N–H and O–H groups in total. The molecule has 0 radical (unpaired) electrons. The highest BCUT2D eigenvalue weighted by atomic mass is 15.1. The predicted octanol–water partition coefficient (Wildman–Crippen LogP) is 14.7. The summed E-state index contributed by atoms with van der Waals surface area (Å²) in [7, 11) is 0. The van der Waals surface area contributed by atoms with Gasteiger partial charge < -0.3 is 4.90 Å². The van der Waals surface area contributed by atoms with E-state index in [0.29, 0.717) is 0 Å². The first-order valence-corrected chi connectivity index (χ1v) is 20.7. The van der Waals surface area contributed by atoms with Crippen LogP contribution in [0.25, 0.3) is 44.2 Å². The fourth-order valence-electron chi connectivity index (χ4n) is 12.2. The molecule has 1 nitrogen and oxygen atoms in total. The van der Waals surface area contributed by atoms with Crippen LogP contribution in [0.1, 0.15) is 74.6 Å². The number of fused-ring (bicyclic) bond motifs is 4. The molecule has 5 aliphatic rings. The van der Waals surface area contributed by atoms with Crippen molar-refractivity contribution in [3.05, 3.63) is 174 Å². The molecule has 55 heavy (non-hydrogen) atoms. The molecule has 0 atom stereocenters. The van der Waals surface area contributed by atoms with Gasteiger partial charge in [0.15, 0.2) is 0 Å². The van der Waals surface area contributed by atoms with E-state index in [1.54, 1.807) is 5.56 Å². The zero-order chi connectivity index (χ0) is 36.9. The second-order valence-corrected chi connectivity index (χ2v) is 18.0. The number of hydrogen-bond acceptors (Lipinski definition) is 1. The quantitative estimate of drug-likeness (QED) is 0.166. The summed E-state index contributed by atoms with van der Waals surface area (Å²) < 4.78 is 0. The van der Waals surface area contributed by atoms with E-state index in [-0.39, 0.29) is 10.8 Å². The van der Waals surface area contributed by atoms with Crippen molar-refractivity contribution in [2.75, 3.05) is 4.90 Å². The molecule has 12 rings (SSSR count). The molecule has 0 amide bonds. The minimum atomic E-state index is -0.154. The van der Waals surface area contributed by atoms with Gasteiger partial charge in [0.05, 0.1) is 5.69 Å². The van der Waals surface area contributed by atoms with Crippen LogP contribution in [0.3, 0.4) is 0 Å². The lowest BCUT2D eigenvalue weighted by atomic mass is 9.48. The van der Waals surface area contributed by atoms with Crippen molar-refractivity contribution in [1.82, 2.24) is 0 Å². The fourth-order valence-corrected chi connectivity index (χ4v) is 12.2. The molecule has 0 saturated heterocycles. The summed E-state index contributed by atoms with van der Waals surface area (Å²) in [6.07, 6.45) is 8.33. The van der Waals surface area contributed by atoms with E-state index in [9.17, 15) is 0 Å². The van der Waals surface area contributed by atoms with Crippen molar-refractivity contribution in [2.45, 2.75) is 70.1 Å². The number of anilines is 3. The molecule has 0 spiro atoms. The van der Waals surface area contributed by atoms with Gasteiger partial charge in [-0.25, -0.2) is 0 Å². The van der Waals surface area contributed by atoms with Gasteiger partial charge in [-0.15, -0.1) is 0 Å². The van der Waals surface area contributed by atoms with E-state index in [0.717, 1.165) is 17.8 Å². The van der Waals surface area contributed by atoms with Gasteiger partial charge in [0.2, 0.25) is 0 Å². The Morgan fingerprint density at radius 3 is 1.84 bits per heavy atom. The Bertz CT molecular complexity index is 2590. The number of rotatable bonds is 6. The first-order chi connectivity index (χ1) is 26.9. The maximum atomic E-state index is 2.68. The third-order valence-electron chi connectivity index (χ3n) is 14.3. The number of hydrogen-bond donors (Lipinski definition) is 0. The van der Waals surface area contributed by atoms with Gasteiger partial charge in [-0.1, -0.05) is 135 Å². The van der Waals surface area contributed by atoms with Gasteiger partial charge in [-0.05, 0) is 160 Å². The summed E-state index contributed by atoms with van der Waals surface area (Å²) in [6.45, 7) is 7.12. The first-order valence-electron chi connectivity index (χ1n) is 20.7. The maximum absolute atomic E-state index is 2.68. The summed E-state index contributed by atoms with van der Waals surface area (Å²) in [4.78, 5) is 2.68. The third-order valence-corrected chi connectivity index (χ3v) is 14.3. The summed E-state index contributed by atoms with van der Waals surface area (Å²) in [5, 5.41) is 2.55. The summed E-state index contributed by atoms with van der Waals surface area (Å²) in [5.74, 6) is 2.61.